The summed E-state index contributed by atoms with van der Waals surface area (Å²) in [5.41, 5.74) is 2.00. The second-order valence-electron chi connectivity index (χ2n) is 10.4. The van der Waals surface area contributed by atoms with Gasteiger partial charge in [0.05, 0.1) is 24.7 Å². The van der Waals surface area contributed by atoms with Crippen LogP contribution in [-0.2, 0) is 14.3 Å². The fourth-order valence-corrected chi connectivity index (χ4v) is 5.39. The summed E-state index contributed by atoms with van der Waals surface area (Å²) >= 11 is 0. The third-order valence-electron chi connectivity index (χ3n) is 7.36. The topological polar surface area (TPSA) is 134 Å². The number of hydrogen-bond donors (Lipinski definition) is 4. The Morgan fingerprint density at radius 3 is 2.49 bits per heavy atom. The molecule has 0 spiro atoms. The number of esters is 1. The number of hydrogen-bond acceptors (Lipinski definition) is 7. The summed E-state index contributed by atoms with van der Waals surface area (Å²) in [5, 5.41) is 39.6. The van der Waals surface area contributed by atoms with Crippen molar-refractivity contribution < 1.29 is 39.5 Å². The fourth-order valence-electron chi connectivity index (χ4n) is 5.39. The minimum Gasteiger partial charge on any atom is -0.481 e. The average Bonchev–Trinajstić information content (AvgIpc) is 2.82. The van der Waals surface area contributed by atoms with E-state index in [-0.39, 0.29) is 30.6 Å². The van der Waals surface area contributed by atoms with E-state index in [9.17, 15) is 24.9 Å². The molecule has 204 valence electrons. The van der Waals surface area contributed by atoms with Crippen LogP contribution in [0.3, 0.4) is 0 Å². The Morgan fingerprint density at radius 1 is 1.14 bits per heavy atom. The molecule has 2 aliphatic carbocycles. The van der Waals surface area contributed by atoms with Crippen molar-refractivity contribution in [2.75, 3.05) is 0 Å². The van der Waals surface area contributed by atoms with Crippen LogP contribution < -0.4 is 4.74 Å². The molecule has 3 rings (SSSR count). The average molecular weight is 517 g/mol. The molecule has 0 aliphatic heterocycles. The summed E-state index contributed by atoms with van der Waals surface area (Å²) in [5.74, 6) is -0.973. The highest BCUT2D eigenvalue weighted by atomic mass is 16.6. The maximum absolute atomic E-state index is 13.2. The third kappa shape index (κ3) is 8.15. The van der Waals surface area contributed by atoms with E-state index < -0.39 is 48.9 Å². The minimum absolute atomic E-state index is 0.0116. The zero-order valence-electron chi connectivity index (χ0n) is 21.8. The number of rotatable bonds is 12. The van der Waals surface area contributed by atoms with Gasteiger partial charge in [0.2, 0.25) is 0 Å². The molecule has 2 aliphatic rings. The first kappa shape index (κ1) is 28.9. The molecule has 0 aromatic heterocycles. The van der Waals surface area contributed by atoms with Gasteiger partial charge >= 0.3 is 11.9 Å². The summed E-state index contributed by atoms with van der Waals surface area (Å²) in [6, 6.07) is 7.46. The van der Waals surface area contributed by atoms with E-state index >= 15 is 0 Å². The Kier molecular flexibility index (Phi) is 10.3. The Labute approximate surface area is 218 Å². The van der Waals surface area contributed by atoms with E-state index in [2.05, 4.69) is 13.0 Å². The predicted molar refractivity (Wildman–Crippen MR) is 138 cm³/mol. The fraction of sp³-hybridized carbons (Fsp3) is 0.586. The Morgan fingerprint density at radius 2 is 1.84 bits per heavy atom. The zero-order chi connectivity index (χ0) is 27.1. The summed E-state index contributed by atoms with van der Waals surface area (Å²) < 4.78 is 11.9. The number of benzene rings is 1. The zero-order valence-corrected chi connectivity index (χ0v) is 21.8. The number of carbonyl (C=O) groups excluding carboxylic acids is 1. The lowest BCUT2D eigenvalue weighted by atomic mass is 9.66. The normalized spacial score (nSPS) is 27.4. The number of allylic oxidation sites excluding steroid dienone is 2. The lowest BCUT2D eigenvalue weighted by Crippen LogP contribution is -2.44. The van der Waals surface area contributed by atoms with Crippen molar-refractivity contribution in [3.8, 4) is 5.75 Å². The Balaban J connectivity index is 1.70. The van der Waals surface area contributed by atoms with E-state index in [4.69, 9.17) is 14.6 Å². The molecule has 0 radical (unpaired) electrons. The van der Waals surface area contributed by atoms with E-state index in [0.717, 1.165) is 11.1 Å². The SMILES string of the molecule is CCC(Oc1ccc(C)cc1)C(=O)O[C@H]1C[C@H](O)C=C2C=C[C@@H](C)[C@H](CC[C@@H](O)C[C@@H](O)CC(=O)O)[C@H]21. The number of aryl methyl sites for hydroxylation is 1. The molecule has 0 saturated carbocycles. The minimum atomic E-state index is -1.11. The largest absolute Gasteiger partial charge is 0.481 e. The van der Waals surface area contributed by atoms with Gasteiger partial charge < -0.3 is 29.9 Å². The van der Waals surface area contributed by atoms with Crippen molar-refractivity contribution >= 4 is 11.9 Å². The van der Waals surface area contributed by atoms with E-state index in [1.54, 1.807) is 6.08 Å². The number of fused-ring (bicyclic) bond motifs is 1. The van der Waals surface area contributed by atoms with Crippen molar-refractivity contribution in [1.29, 1.82) is 0 Å². The van der Waals surface area contributed by atoms with Gasteiger partial charge in [-0.15, -0.1) is 0 Å². The molecule has 1 aromatic rings. The summed E-state index contributed by atoms with van der Waals surface area (Å²) in [7, 11) is 0. The molecule has 8 atom stereocenters. The number of aliphatic hydroxyl groups excluding tert-OH is 3. The van der Waals surface area contributed by atoms with Gasteiger partial charge in [-0.3, -0.25) is 4.79 Å². The summed E-state index contributed by atoms with van der Waals surface area (Å²) in [6.07, 6.45) is 3.08. The Bertz CT molecular complexity index is 969. The van der Waals surface area contributed by atoms with Crippen molar-refractivity contribution in [3.63, 3.8) is 0 Å². The molecule has 4 N–H and O–H groups in total. The molecule has 0 saturated heterocycles. The highest BCUT2D eigenvalue weighted by Crippen LogP contribution is 2.44. The predicted octanol–water partition coefficient (Wildman–Crippen LogP) is 3.56. The monoisotopic (exact) mass is 516 g/mol. The first-order valence-corrected chi connectivity index (χ1v) is 13.2. The van der Waals surface area contributed by atoms with E-state index in [1.165, 1.54) is 0 Å². The van der Waals surface area contributed by atoms with Gasteiger partial charge in [-0.05, 0) is 62.1 Å². The molecule has 8 heteroatoms. The van der Waals surface area contributed by atoms with Crippen molar-refractivity contribution in [3.05, 3.63) is 53.6 Å². The molecular weight excluding hydrogens is 476 g/mol. The second kappa shape index (κ2) is 13.2. The van der Waals surface area contributed by atoms with Crippen LogP contribution >= 0.6 is 0 Å². The molecule has 1 aromatic carbocycles. The number of carbonyl (C=O) groups is 2. The van der Waals surface area contributed by atoms with Crippen LogP contribution in [0.1, 0.15) is 57.9 Å². The van der Waals surface area contributed by atoms with Crippen LogP contribution in [0.4, 0.5) is 0 Å². The van der Waals surface area contributed by atoms with Crippen molar-refractivity contribution in [2.45, 2.75) is 89.8 Å². The number of carboxylic acids is 1. The molecule has 0 heterocycles. The lowest BCUT2D eigenvalue weighted by molar-refractivity contribution is -0.163. The van der Waals surface area contributed by atoms with Crippen molar-refractivity contribution in [1.82, 2.24) is 0 Å². The van der Waals surface area contributed by atoms with Gasteiger partial charge in [0.1, 0.15) is 11.9 Å². The second-order valence-corrected chi connectivity index (χ2v) is 10.4. The van der Waals surface area contributed by atoms with Gasteiger partial charge in [0.25, 0.3) is 0 Å². The van der Waals surface area contributed by atoms with Crippen LogP contribution in [0.25, 0.3) is 0 Å². The maximum atomic E-state index is 13.2. The number of aliphatic carboxylic acids is 1. The van der Waals surface area contributed by atoms with Crippen LogP contribution in [0.15, 0.2) is 48.1 Å². The number of carboxylic acid groups (broad SMARTS) is 1. The summed E-state index contributed by atoms with van der Waals surface area (Å²) in [6.45, 7) is 5.90. The molecule has 8 nitrogen and oxygen atoms in total. The van der Waals surface area contributed by atoms with Crippen LogP contribution in [-0.4, -0.2) is 62.9 Å². The first-order valence-electron chi connectivity index (χ1n) is 13.2. The Hall–Kier alpha value is -2.68. The molecule has 0 fully saturated rings. The van der Waals surface area contributed by atoms with E-state index in [1.807, 2.05) is 44.2 Å². The highest BCUT2D eigenvalue weighted by molar-refractivity contribution is 5.75. The van der Waals surface area contributed by atoms with E-state index in [0.29, 0.717) is 25.0 Å². The van der Waals surface area contributed by atoms with Gasteiger partial charge in [-0.25, -0.2) is 4.79 Å². The van der Waals surface area contributed by atoms with Crippen molar-refractivity contribution in [2.24, 2.45) is 17.8 Å². The molecule has 0 bridgehead atoms. The molecule has 0 amide bonds. The van der Waals surface area contributed by atoms with Crippen LogP contribution in [0, 0.1) is 24.7 Å². The smallest absolute Gasteiger partial charge is 0.347 e. The van der Waals surface area contributed by atoms with Crippen LogP contribution in [0.5, 0.6) is 5.75 Å². The molecule has 37 heavy (non-hydrogen) atoms. The van der Waals surface area contributed by atoms with Gasteiger partial charge in [-0.2, -0.15) is 0 Å². The molecule has 1 unspecified atom stereocenters. The highest BCUT2D eigenvalue weighted by Gasteiger charge is 2.42. The third-order valence-corrected chi connectivity index (χ3v) is 7.36. The number of aliphatic hydroxyl groups is 3. The molecular formula is C29H40O8. The summed E-state index contributed by atoms with van der Waals surface area (Å²) in [4.78, 5) is 24.0. The number of ether oxygens (including phenoxy) is 2. The van der Waals surface area contributed by atoms with Gasteiger partial charge in [0.15, 0.2) is 6.10 Å². The quantitative estimate of drug-likeness (QED) is 0.310. The lowest BCUT2D eigenvalue weighted by Gasteiger charge is -2.43. The first-order chi connectivity index (χ1) is 17.6. The maximum Gasteiger partial charge on any atom is 0.347 e. The standard InChI is InChI=1S/C29H40O8/c1-4-25(36-23-10-5-17(2)6-11-23)29(35)37-26-15-21(31)13-19-8-7-18(3)24(28(19)26)12-9-20(30)14-22(32)16-27(33)34/h5-8,10-11,13,18,20-22,24-26,28,30-32H,4,9,12,14-16H2,1-3H3,(H,33,34)/t18-,20-,21-,22-,24+,25?,26+,28+/m1/s1. The van der Waals surface area contributed by atoms with Gasteiger partial charge in [0, 0.05) is 12.3 Å². The van der Waals surface area contributed by atoms with Crippen LogP contribution in [0.2, 0.25) is 0 Å². The van der Waals surface area contributed by atoms with Gasteiger partial charge in [-0.1, -0.05) is 49.8 Å².